The van der Waals surface area contributed by atoms with E-state index in [1.54, 1.807) is 0 Å². The van der Waals surface area contributed by atoms with E-state index in [0.29, 0.717) is 0 Å². The van der Waals surface area contributed by atoms with Gasteiger partial charge in [0.2, 0.25) is 0 Å². The normalized spacial score (nSPS) is 10.8. The summed E-state index contributed by atoms with van der Waals surface area (Å²) in [5, 5.41) is 20.3. The Morgan fingerprint density at radius 3 is 2.68 bits per heavy atom. The van der Waals surface area contributed by atoms with Crippen LogP contribution < -0.4 is 0 Å². The van der Waals surface area contributed by atoms with E-state index in [0.717, 1.165) is 10.0 Å². The smallest absolute Gasteiger partial charge is 0.271 e. The van der Waals surface area contributed by atoms with Crippen LogP contribution in [0.2, 0.25) is 0 Å². The molecular weight excluding hydrogens is 312 g/mol. The van der Waals surface area contributed by atoms with Crippen molar-refractivity contribution in [2.45, 2.75) is 0 Å². The minimum Gasteiger partial charge on any atom is -0.506 e. The summed E-state index contributed by atoms with van der Waals surface area (Å²) in [4.78, 5) is 14.2. The molecule has 0 aliphatic carbocycles. The molecule has 6 heteroatoms. The molecule has 0 bridgehead atoms. The van der Waals surface area contributed by atoms with Crippen LogP contribution in [-0.2, 0) is 0 Å². The molecule has 0 aliphatic heterocycles. The third kappa shape index (κ3) is 3.17. The first-order chi connectivity index (χ1) is 9.08. The van der Waals surface area contributed by atoms with E-state index in [4.69, 9.17) is 0 Å². The van der Waals surface area contributed by atoms with Gasteiger partial charge >= 0.3 is 0 Å². The molecule has 0 aliphatic rings. The minimum absolute atomic E-state index is 0.103. The summed E-state index contributed by atoms with van der Waals surface area (Å²) in [6, 6.07) is 11.1. The average Bonchev–Trinajstić information content (AvgIpc) is 2.39. The van der Waals surface area contributed by atoms with Crippen molar-refractivity contribution < 1.29 is 10.0 Å². The standard InChI is InChI=1S/C13H9BrN2O3/c14-11-4-2-1-3-9(11)8-15-12-7-10(16(18)19)5-6-13(12)17/h1-8,17H. The number of nitrogens with zero attached hydrogens (tertiary/aromatic N) is 2. The Morgan fingerprint density at radius 1 is 1.26 bits per heavy atom. The number of rotatable bonds is 3. The number of non-ortho nitro benzene ring substituents is 1. The molecule has 0 spiro atoms. The SMILES string of the molecule is O=[N+]([O-])c1ccc(O)c(N=Cc2ccccc2Br)c1. The number of phenolic OH excluding ortho intramolecular Hbond substituents is 1. The second kappa shape index (κ2) is 5.62. The number of nitro groups is 1. The Kier molecular flexibility index (Phi) is 3.91. The summed E-state index contributed by atoms with van der Waals surface area (Å²) in [5.41, 5.74) is 0.857. The lowest BCUT2D eigenvalue weighted by Gasteiger charge is -2.00. The first-order valence-electron chi connectivity index (χ1n) is 5.34. The Morgan fingerprint density at radius 2 is 2.00 bits per heavy atom. The van der Waals surface area contributed by atoms with Crippen LogP contribution in [0.15, 0.2) is 51.9 Å². The summed E-state index contributed by atoms with van der Waals surface area (Å²) in [6.07, 6.45) is 1.53. The number of hydrogen-bond acceptors (Lipinski definition) is 4. The van der Waals surface area contributed by atoms with Crippen LogP contribution in [0.4, 0.5) is 11.4 Å². The largest absolute Gasteiger partial charge is 0.506 e. The Labute approximate surface area is 117 Å². The second-order valence-corrected chi connectivity index (χ2v) is 4.56. The minimum atomic E-state index is -0.531. The second-order valence-electron chi connectivity index (χ2n) is 3.71. The van der Waals surface area contributed by atoms with Gasteiger partial charge in [0.15, 0.2) is 0 Å². The molecule has 0 heterocycles. The Bertz CT molecular complexity index is 656. The first kappa shape index (κ1) is 13.2. The molecule has 19 heavy (non-hydrogen) atoms. The molecule has 1 N–H and O–H groups in total. The van der Waals surface area contributed by atoms with E-state index in [1.807, 2.05) is 24.3 Å². The van der Waals surface area contributed by atoms with Crippen LogP contribution in [0.25, 0.3) is 0 Å². The molecular formula is C13H9BrN2O3. The third-order valence-corrected chi connectivity index (χ3v) is 3.14. The predicted molar refractivity (Wildman–Crippen MR) is 76.2 cm³/mol. The van der Waals surface area contributed by atoms with E-state index >= 15 is 0 Å². The maximum absolute atomic E-state index is 10.7. The number of benzene rings is 2. The molecule has 0 amide bonds. The number of phenols is 1. The van der Waals surface area contributed by atoms with Crippen LogP contribution in [0, 0.1) is 10.1 Å². The van der Waals surface area contributed by atoms with Gasteiger partial charge in [0.1, 0.15) is 11.4 Å². The highest BCUT2D eigenvalue weighted by Crippen LogP contribution is 2.30. The summed E-state index contributed by atoms with van der Waals surface area (Å²) in [6.45, 7) is 0. The Balaban J connectivity index is 2.35. The van der Waals surface area contributed by atoms with Gasteiger partial charge in [-0.05, 0) is 12.1 Å². The molecule has 2 aromatic rings. The van der Waals surface area contributed by atoms with Gasteiger partial charge in [-0.15, -0.1) is 0 Å². The number of halogens is 1. The highest BCUT2D eigenvalue weighted by molar-refractivity contribution is 9.10. The zero-order valence-electron chi connectivity index (χ0n) is 9.65. The van der Waals surface area contributed by atoms with Gasteiger partial charge in [0.05, 0.1) is 4.92 Å². The fourth-order valence-corrected chi connectivity index (χ4v) is 1.83. The zero-order valence-corrected chi connectivity index (χ0v) is 11.2. The molecule has 5 nitrogen and oxygen atoms in total. The van der Waals surface area contributed by atoms with Crippen molar-refractivity contribution in [3.63, 3.8) is 0 Å². The highest BCUT2D eigenvalue weighted by Gasteiger charge is 2.09. The van der Waals surface area contributed by atoms with Gasteiger partial charge in [-0.25, -0.2) is 0 Å². The summed E-state index contributed by atoms with van der Waals surface area (Å²) in [7, 11) is 0. The molecule has 2 rings (SSSR count). The molecule has 0 saturated carbocycles. The molecule has 96 valence electrons. The summed E-state index contributed by atoms with van der Waals surface area (Å²) < 4.78 is 0.851. The quantitative estimate of drug-likeness (QED) is 0.530. The van der Waals surface area contributed by atoms with E-state index in [1.165, 1.54) is 24.4 Å². The van der Waals surface area contributed by atoms with Gasteiger partial charge in [-0.3, -0.25) is 15.1 Å². The Hall–Kier alpha value is -2.21. The third-order valence-electron chi connectivity index (χ3n) is 2.42. The van der Waals surface area contributed by atoms with E-state index < -0.39 is 4.92 Å². The topological polar surface area (TPSA) is 75.7 Å². The van der Waals surface area contributed by atoms with Gasteiger partial charge < -0.3 is 5.11 Å². The lowest BCUT2D eigenvalue weighted by molar-refractivity contribution is -0.384. The average molecular weight is 321 g/mol. The predicted octanol–water partition coefficient (Wildman–Crippen LogP) is 3.81. The maximum Gasteiger partial charge on any atom is 0.271 e. The molecule has 0 fully saturated rings. The maximum atomic E-state index is 10.7. The fourth-order valence-electron chi connectivity index (χ4n) is 1.45. The number of hydrogen-bond donors (Lipinski definition) is 1. The van der Waals surface area contributed by atoms with Crippen LogP contribution in [0.1, 0.15) is 5.56 Å². The lowest BCUT2D eigenvalue weighted by atomic mass is 10.2. The van der Waals surface area contributed by atoms with Crippen molar-refractivity contribution in [2.75, 3.05) is 0 Å². The molecule has 0 saturated heterocycles. The highest BCUT2D eigenvalue weighted by atomic mass is 79.9. The van der Waals surface area contributed by atoms with Crippen molar-refractivity contribution >= 4 is 33.5 Å². The van der Waals surface area contributed by atoms with Crippen molar-refractivity contribution in [1.82, 2.24) is 0 Å². The van der Waals surface area contributed by atoms with E-state index in [9.17, 15) is 15.2 Å². The molecule has 0 aromatic heterocycles. The van der Waals surface area contributed by atoms with Crippen molar-refractivity contribution in [1.29, 1.82) is 0 Å². The van der Waals surface area contributed by atoms with Gasteiger partial charge in [-0.1, -0.05) is 34.1 Å². The van der Waals surface area contributed by atoms with E-state index in [2.05, 4.69) is 20.9 Å². The van der Waals surface area contributed by atoms with Crippen molar-refractivity contribution in [2.24, 2.45) is 4.99 Å². The van der Waals surface area contributed by atoms with Crippen LogP contribution in [-0.4, -0.2) is 16.2 Å². The van der Waals surface area contributed by atoms with E-state index in [-0.39, 0.29) is 17.1 Å². The number of aromatic hydroxyl groups is 1. The van der Waals surface area contributed by atoms with Crippen molar-refractivity contribution in [3.05, 3.63) is 62.6 Å². The summed E-state index contributed by atoms with van der Waals surface area (Å²) in [5.74, 6) is -0.103. The summed E-state index contributed by atoms with van der Waals surface area (Å²) >= 11 is 3.36. The molecule has 0 radical (unpaired) electrons. The zero-order chi connectivity index (χ0) is 13.8. The molecule has 2 aromatic carbocycles. The monoisotopic (exact) mass is 320 g/mol. The first-order valence-corrected chi connectivity index (χ1v) is 6.13. The van der Waals surface area contributed by atoms with Crippen LogP contribution in [0.3, 0.4) is 0 Å². The lowest BCUT2D eigenvalue weighted by Crippen LogP contribution is -1.87. The van der Waals surface area contributed by atoms with Crippen LogP contribution in [0.5, 0.6) is 5.75 Å². The van der Waals surface area contributed by atoms with Gasteiger partial charge in [0.25, 0.3) is 5.69 Å². The fraction of sp³-hybridized carbons (Fsp3) is 0. The van der Waals surface area contributed by atoms with Crippen molar-refractivity contribution in [3.8, 4) is 5.75 Å². The van der Waals surface area contributed by atoms with Crippen LogP contribution >= 0.6 is 15.9 Å². The molecule has 0 unspecified atom stereocenters. The number of aliphatic imine (C=N–C) groups is 1. The number of nitro benzene ring substituents is 1. The molecule has 0 atom stereocenters. The van der Waals surface area contributed by atoms with Gasteiger partial charge in [-0.2, -0.15) is 0 Å². The van der Waals surface area contributed by atoms with Gasteiger partial charge in [0, 0.05) is 28.4 Å².